The molecule has 0 aliphatic carbocycles. The number of rotatable bonds is 37. The Labute approximate surface area is 286 Å². The van der Waals surface area contributed by atoms with Crippen LogP contribution in [0.5, 0.6) is 5.75 Å². The zero-order valence-electron chi connectivity index (χ0n) is 30.0. The van der Waals surface area contributed by atoms with Crippen molar-refractivity contribution in [3.8, 4) is 5.75 Å². The molecule has 0 atom stereocenters. The summed E-state index contributed by atoms with van der Waals surface area (Å²) in [6, 6.07) is 8.45. The molecule has 0 radical (unpaired) electrons. The second-order valence-corrected chi connectivity index (χ2v) is 11.8. The lowest BCUT2D eigenvalue weighted by Crippen LogP contribution is -2.15. The van der Waals surface area contributed by atoms with Crippen LogP contribution in [0.15, 0.2) is 24.3 Å². The highest BCUT2D eigenvalue weighted by molar-refractivity contribution is 5.69. The molecular formula is C38H68O9. The van der Waals surface area contributed by atoms with Crippen LogP contribution in [0.1, 0.15) is 109 Å². The predicted molar refractivity (Wildman–Crippen MR) is 187 cm³/mol. The molecule has 0 aromatic heterocycles. The van der Waals surface area contributed by atoms with Crippen LogP contribution in [0.3, 0.4) is 0 Å². The highest BCUT2D eigenvalue weighted by Gasteiger charge is 2.03. The number of aryl methyl sites for hydroxylation is 1. The smallest absolute Gasteiger partial charge is 0.305 e. The Balaban J connectivity index is 1.74. The first kappa shape index (κ1) is 43.3. The molecule has 0 spiro atoms. The van der Waals surface area contributed by atoms with Crippen LogP contribution in [0, 0.1) is 0 Å². The monoisotopic (exact) mass is 668 g/mol. The number of hydrogen-bond donors (Lipinski definition) is 0. The molecular weight excluding hydrogens is 600 g/mol. The van der Waals surface area contributed by atoms with Crippen molar-refractivity contribution < 1.29 is 42.7 Å². The number of carbonyl (C=O) groups is 1. The van der Waals surface area contributed by atoms with Gasteiger partial charge in [-0.05, 0) is 37.0 Å². The zero-order valence-corrected chi connectivity index (χ0v) is 30.0. The molecule has 47 heavy (non-hydrogen) atoms. The van der Waals surface area contributed by atoms with Crippen LogP contribution < -0.4 is 4.74 Å². The molecule has 0 aliphatic heterocycles. The lowest BCUT2D eigenvalue weighted by atomic mass is 10.0. The van der Waals surface area contributed by atoms with Crippen LogP contribution in [0.2, 0.25) is 0 Å². The average Bonchev–Trinajstić information content (AvgIpc) is 3.08. The van der Waals surface area contributed by atoms with Crippen molar-refractivity contribution >= 4 is 5.97 Å². The van der Waals surface area contributed by atoms with Crippen LogP contribution in [-0.4, -0.2) is 98.5 Å². The maximum absolute atomic E-state index is 11.7. The summed E-state index contributed by atoms with van der Waals surface area (Å²) in [6.45, 7) is 11.3. The minimum atomic E-state index is -0.137. The van der Waals surface area contributed by atoms with Crippen molar-refractivity contribution in [2.45, 2.75) is 110 Å². The normalized spacial score (nSPS) is 11.3. The van der Waals surface area contributed by atoms with E-state index in [0.717, 1.165) is 25.0 Å². The Morgan fingerprint density at radius 1 is 0.447 bits per heavy atom. The zero-order chi connectivity index (χ0) is 33.7. The van der Waals surface area contributed by atoms with Gasteiger partial charge < -0.3 is 37.9 Å². The standard InChI is InChI=1S/C38H68O9/c1-3-5-7-9-11-12-14-16-36-18-20-37(21-19-36)46-34-32-44-30-28-42-26-24-40-22-23-41-25-27-43-29-31-45-33-35-47-38(39)17-15-13-10-8-6-4-2/h18-21H,3-17,22-35H2,1-2H3. The van der Waals surface area contributed by atoms with Gasteiger partial charge in [0.25, 0.3) is 0 Å². The third-order valence-electron chi connectivity index (χ3n) is 7.57. The van der Waals surface area contributed by atoms with Gasteiger partial charge in [-0.3, -0.25) is 4.79 Å². The molecule has 274 valence electrons. The quantitative estimate of drug-likeness (QED) is 0.0521. The highest BCUT2D eigenvalue weighted by atomic mass is 16.6. The Kier molecular flexibility index (Phi) is 32.7. The van der Waals surface area contributed by atoms with E-state index in [4.69, 9.17) is 37.9 Å². The third kappa shape index (κ3) is 31.3. The molecule has 0 unspecified atom stereocenters. The van der Waals surface area contributed by atoms with Gasteiger partial charge >= 0.3 is 5.97 Å². The Morgan fingerprint density at radius 2 is 0.830 bits per heavy atom. The maximum Gasteiger partial charge on any atom is 0.305 e. The molecule has 9 nitrogen and oxygen atoms in total. The SMILES string of the molecule is CCCCCCCCCc1ccc(OCCOCCOCCOCCOCCOCCOCCOC(=O)CCCCCCCC)cc1. The van der Waals surface area contributed by atoms with E-state index >= 15 is 0 Å². The van der Waals surface area contributed by atoms with E-state index < -0.39 is 0 Å². The van der Waals surface area contributed by atoms with Crippen molar-refractivity contribution in [3.63, 3.8) is 0 Å². The second kappa shape index (κ2) is 35.6. The first-order chi connectivity index (χ1) is 23.3. The van der Waals surface area contributed by atoms with E-state index in [0.29, 0.717) is 98.9 Å². The van der Waals surface area contributed by atoms with Crippen LogP contribution in [0.25, 0.3) is 0 Å². The fourth-order valence-electron chi connectivity index (χ4n) is 4.79. The number of ether oxygens (including phenoxy) is 8. The summed E-state index contributed by atoms with van der Waals surface area (Å²) >= 11 is 0. The van der Waals surface area contributed by atoms with Gasteiger partial charge in [-0.1, -0.05) is 96.6 Å². The molecule has 0 N–H and O–H groups in total. The van der Waals surface area contributed by atoms with E-state index in [1.807, 2.05) is 0 Å². The maximum atomic E-state index is 11.7. The highest BCUT2D eigenvalue weighted by Crippen LogP contribution is 2.15. The fourth-order valence-corrected chi connectivity index (χ4v) is 4.79. The van der Waals surface area contributed by atoms with Gasteiger partial charge in [0.05, 0.1) is 79.3 Å². The summed E-state index contributed by atoms with van der Waals surface area (Å²) in [7, 11) is 0. The second-order valence-electron chi connectivity index (χ2n) is 11.8. The van der Waals surface area contributed by atoms with E-state index in [1.54, 1.807) is 0 Å². The van der Waals surface area contributed by atoms with Crippen molar-refractivity contribution in [3.05, 3.63) is 29.8 Å². The minimum absolute atomic E-state index is 0.137. The molecule has 1 aromatic carbocycles. The van der Waals surface area contributed by atoms with E-state index in [-0.39, 0.29) is 5.97 Å². The molecule has 0 saturated heterocycles. The molecule has 0 amide bonds. The number of esters is 1. The van der Waals surface area contributed by atoms with Gasteiger partial charge in [0.1, 0.15) is 19.0 Å². The van der Waals surface area contributed by atoms with Crippen molar-refractivity contribution in [1.82, 2.24) is 0 Å². The summed E-state index contributed by atoms with van der Waals surface area (Å²) in [5.74, 6) is 0.750. The molecule has 0 aliphatic rings. The Hall–Kier alpha value is -1.75. The predicted octanol–water partition coefficient (Wildman–Crippen LogP) is 7.75. The number of benzene rings is 1. The third-order valence-corrected chi connectivity index (χ3v) is 7.57. The topological polar surface area (TPSA) is 90.9 Å². The van der Waals surface area contributed by atoms with E-state index in [1.165, 1.54) is 76.2 Å². The molecule has 0 fully saturated rings. The summed E-state index contributed by atoms with van der Waals surface area (Å²) in [5.41, 5.74) is 1.38. The average molecular weight is 669 g/mol. The van der Waals surface area contributed by atoms with Gasteiger partial charge in [0.2, 0.25) is 0 Å². The molecule has 1 rings (SSSR count). The molecule has 1 aromatic rings. The summed E-state index contributed by atoms with van der Waals surface area (Å²) in [4.78, 5) is 11.7. The molecule has 0 bridgehead atoms. The largest absolute Gasteiger partial charge is 0.491 e. The number of hydrogen-bond acceptors (Lipinski definition) is 9. The number of carbonyl (C=O) groups excluding carboxylic acids is 1. The van der Waals surface area contributed by atoms with Gasteiger partial charge in [-0.15, -0.1) is 0 Å². The summed E-state index contributed by atoms with van der Waals surface area (Å²) < 4.78 is 44.0. The van der Waals surface area contributed by atoms with Crippen molar-refractivity contribution in [1.29, 1.82) is 0 Å². The van der Waals surface area contributed by atoms with Crippen LogP contribution in [-0.2, 0) is 44.4 Å². The van der Waals surface area contributed by atoms with Crippen LogP contribution >= 0.6 is 0 Å². The summed E-state index contributed by atoms with van der Waals surface area (Å²) in [6.07, 6.45) is 18.0. The van der Waals surface area contributed by atoms with Gasteiger partial charge in [0, 0.05) is 6.42 Å². The molecule has 0 saturated carbocycles. The first-order valence-electron chi connectivity index (χ1n) is 18.6. The first-order valence-corrected chi connectivity index (χ1v) is 18.6. The lowest BCUT2D eigenvalue weighted by Gasteiger charge is -2.09. The van der Waals surface area contributed by atoms with Crippen molar-refractivity contribution in [2.24, 2.45) is 0 Å². The minimum Gasteiger partial charge on any atom is -0.491 e. The Morgan fingerprint density at radius 3 is 1.30 bits per heavy atom. The lowest BCUT2D eigenvalue weighted by molar-refractivity contribution is -0.145. The number of unbranched alkanes of at least 4 members (excludes halogenated alkanes) is 11. The molecule has 0 heterocycles. The van der Waals surface area contributed by atoms with Gasteiger partial charge in [0.15, 0.2) is 0 Å². The van der Waals surface area contributed by atoms with Gasteiger partial charge in [-0.2, -0.15) is 0 Å². The van der Waals surface area contributed by atoms with Gasteiger partial charge in [-0.25, -0.2) is 0 Å². The van der Waals surface area contributed by atoms with Crippen LogP contribution in [0.4, 0.5) is 0 Å². The van der Waals surface area contributed by atoms with E-state index in [2.05, 4.69) is 38.1 Å². The fraction of sp³-hybridized carbons (Fsp3) is 0.816. The molecule has 9 heteroatoms. The Bertz CT molecular complexity index is 775. The van der Waals surface area contributed by atoms with E-state index in [9.17, 15) is 4.79 Å². The summed E-state index contributed by atoms with van der Waals surface area (Å²) in [5, 5.41) is 0. The van der Waals surface area contributed by atoms with Crippen molar-refractivity contribution in [2.75, 3.05) is 92.5 Å².